The van der Waals surface area contributed by atoms with Gasteiger partial charge in [-0.3, -0.25) is 14.4 Å². The largest absolute Gasteiger partial charge is 0.466 e. The third-order valence-electron chi connectivity index (χ3n) is 3.29. The Balaban J connectivity index is 2.71. The number of ether oxygens (including phenoxy) is 2. The van der Waals surface area contributed by atoms with Gasteiger partial charge in [-0.1, -0.05) is 0 Å². The second kappa shape index (κ2) is 9.61. The van der Waals surface area contributed by atoms with E-state index in [1.807, 2.05) is 0 Å². The summed E-state index contributed by atoms with van der Waals surface area (Å²) in [5.41, 5.74) is 6.63. The normalized spacial score (nSPS) is 11.6. The molecule has 2 N–H and O–H groups in total. The number of nitrogens with two attached hydrogens (primary N) is 1. The number of rotatable bonds is 9. The van der Waals surface area contributed by atoms with Crippen molar-refractivity contribution >= 4 is 23.4 Å². The Morgan fingerprint density at radius 3 is 2.22 bits per heavy atom. The molecule has 6 heteroatoms. The van der Waals surface area contributed by atoms with Crippen molar-refractivity contribution in [2.75, 3.05) is 18.9 Å². The van der Waals surface area contributed by atoms with E-state index in [2.05, 4.69) is 0 Å². The summed E-state index contributed by atoms with van der Waals surface area (Å²) in [4.78, 5) is 35.7. The van der Waals surface area contributed by atoms with Gasteiger partial charge in [0.15, 0.2) is 5.78 Å². The first kappa shape index (κ1) is 18.7. The van der Waals surface area contributed by atoms with E-state index in [0.29, 0.717) is 11.3 Å². The quantitative estimate of drug-likeness (QED) is 0.426. The number of hydrogen-bond donors (Lipinski definition) is 1. The summed E-state index contributed by atoms with van der Waals surface area (Å²) in [6.45, 7) is 3.92. The van der Waals surface area contributed by atoms with E-state index in [1.54, 1.807) is 38.1 Å². The highest BCUT2D eigenvalue weighted by Gasteiger charge is 2.24. The molecule has 0 aliphatic carbocycles. The lowest BCUT2D eigenvalue weighted by atomic mass is 9.94. The Morgan fingerprint density at radius 2 is 1.65 bits per heavy atom. The highest BCUT2D eigenvalue weighted by Crippen LogP contribution is 2.18. The third-order valence-corrected chi connectivity index (χ3v) is 3.29. The minimum absolute atomic E-state index is 0.0117. The van der Waals surface area contributed by atoms with Crippen LogP contribution in [0.1, 0.15) is 43.5 Å². The number of ketones is 1. The molecule has 0 aromatic heterocycles. The summed E-state index contributed by atoms with van der Waals surface area (Å²) in [5.74, 6) is -1.71. The number of anilines is 1. The summed E-state index contributed by atoms with van der Waals surface area (Å²) in [6, 6.07) is 6.49. The SMILES string of the molecule is CCOC(=O)CCC(CC(=O)c1ccc(N)cc1)C(=O)OCC. The van der Waals surface area contributed by atoms with Gasteiger partial charge in [0.2, 0.25) is 0 Å². The average Bonchev–Trinajstić information content (AvgIpc) is 2.52. The third kappa shape index (κ3) is 6.50. The first-order valence-electron chi connectivity index (χ1n) is 7.68. The molecule has 1 aromatic rings. The molecular formula is C17H23NO5. The van der Waals surface area contributed by atoms with E-state index < -0.39 is 11.9 Å². The van der Waals surface area contributed by atoms with Crippen LogP contribution in [0.25, 0.3) is 0 Å². The Labute approximate surface area is 135 Å². The molecule has 0 aliphatic rings. The van der Waals surface area contributed by atoms with E-state index in [4.69, 9.17) is 15.2 Å². The monoisotopic (exact) mass is 321 g/mol. The smallest absolute Gasteiger partial charge is 0.309 e. The molecular weight excluding hydrogens is 298 g/mol. The van der Waals surface area contributed by atoms with E-state index in [-0.39, 0.29) is 44.2 Å². The average molecular weight is 321 g/mol. The predicted octanol–water partition coefficient (Wildman–Crippen LogP) is 2.36. The molecule has 0 radical (unpaired) electrons. The molecule has 1 atom stereocenters. The summed E-state index contributed by atoms with van der Waals surface area (Å²) >= 11 is 0. The van der Waals surface area contributed by atoms with Crippen molar-refractivity contribution in [3.8, 4) is 0 Å². The maximum Gasteiger partial charge on any atom is 0.309 e. The van der Waals surface area contributed by atoms with Crippen molar-refractivity contribution in [1.29, 1.82) is 0 Å². The Kier molecular flexibility index (Phi) is 7.80. The van der Waals surface area contributed by atoms with E-state index in [9.17, 15) is 14.4 Å². The number of carbonyl (C=O) groups excluding carboxylic acids is 3. The van der Waals surface area contributed by atoms with Crippen molar-refractivity contribution in [3.05, 3.63) is 29.8 Å². The van der Waals surface area contributed by atoms with Crippen LogP contribution in [-0.2, 0) is 19.1 Å². The van der Waals surface area contributed by atoms with Crippen LogP contribution in [0.4, 0.5) is 5.69 Å². The van der Waals surface area contributed by atoms with Crippen LogP contribution in [0.15, 0.2) is 24.3 Å². The molecule has 0 fully saturated rings. The molecule has 0 spiro atoms. The fourth-order valence-corrected chi connectivity index (χ4v) is 2.10. The molecule has 1 rings (SSSR count). The van der Waals surface area contributed by atoms with Gasteiger partial charge in [-0.2, -0.15) is 0 Å². The van der Waals surface area contributed by atoms with Gasteiger partial charge in [-0.05, 0) is 44.5 Å². The van der Waals surface area contributed by atoms with Gasteiger partial charge >= 0.3 is 11.9 Å². The lowest BCUT2D eigenvalue weighted by Crippen LogP contribution is -2.22. The first-order valence-corrected chi connectivity index (χ1v) is 7.68. The van der Waals surface area contributed by atoms with Crippen molar-refractivity contribution < 1.29 is 23.9 Å². The molecule has 0 aliphatic heterocycles. The Bertz CT molecular complexity index is 538. The Hall–Kier alpha value is -2.37. The number of benzene rings is 1. The minimum atomic E-state index is -0.663. The van der Waals surface area contributed by atoms with Crippen molar-refractivity contribution in [1.82, 2.24) is 0 Å². The van der Waals surface area contributed by atoms with Crippen LogP contribution in [0.3, 0.4) is 0 Å². The number of nitrogen functional groups attached to an aromatic ring is 1. The number of hydrogen-bond acceptors (Lipinski definition) is 6. The molecule has 0 amide bonds. The molecule has 0 saturated carbocycles. The zero-order valence-electron chi connectivity index (χ0n) is 13.5. The van der Waals surface area contributed by atoms with E-state index in [1.165, 1.54) is 0 Å². The second-order valence-corrected chi connectivity index (χ2v) is 5.04. The summed E-state index contributed by atoms with van der Waals surface area (Å²) < 4.78 is 9.83. The highest BCUT2D eigenvalue weighted by molar-refractivity contribution is 5.98. The molecule has 1 unspecified atom stereocenters. The first-order chi connectivity index (χ1) is 11.0. The number of esters is 2. The molecule has 0 saturated heterocycles. The zero-order chi connectivity index (χ0) is 17.2. The lowest BCUT2D eigenvalue weighted by Gasteiger charge is -2.14. The predicted molar refractivity (Wildman–Crippen MR) is 85.8 cm³/mol. The minimum Gasteiger partial charge on any atom is -0.466 e. The number of carbonyl (C=O) groups is 3. The van der Waals surface area contributed by atoms with Gasteiger partial charge in [0, 0.05) is 24.1 Å². The van der Waals surface area contributed by atoms with Crippen molar-refractivity contribution in [2.24, 2.45) is 5.92 Å². The zero-order valence-corrected chi connectivity index (χ0v) is 13.5. The topological polar surface area (TPSA) is 95.7 Å². The van der Waals surface area contributed by atoms with Gasteiger partial charge in [-0.25, -0.2) is 0 Å². The van der Waals surface area contributed by atoms with Crippen molar-refractivity contribution in [3.63, 3.8) is 0 Å². The summed E-state index contributed by atoms with van der Waals surface area (Å²) in [5, 5.41) is 0. The number of Topliss-reactive ketones (excluding diaryl/α,β-unsaturated/α-hetero) is 1. The van der Waals surface area contributed by atoms with Crippen LogP contribution in [0.5, 0.6) is 0 Å². The molecule has 23 heavy (non-hydrogen) atoms. The summed E-state index contributed by atoms with van der Waals surface area (Å²) in [6.07, 6.45) is 0.285. The van der Waals surface area contributed by atoms with Gasteiger partial charge in [0.05, 0.1) is 19.1 Å². The molecule has 0 heterocycles. The van der Waals surface area contributed by atoms with Crippen LogP contribution in [0.2, 0.25) is 0 Å². The van der Waals surface area contributed by atoms with Crippen LogP contribution >= 0.6 is 0 Å². The van der Waals surface area contributed by atoms with Crippen LogP contribution in [0, 0.1) is 5.92 Å². The molecule has 1 aromatic carbocycles. The molecule has 126 valence electrons. The molecule has 6 nitrogen and oxygen atoms in total. The highest BCUT2D eigenvalue weighted by atomic mass is 16.5. The van der Waals surface area contributed by atoms with Crippen LogP contribution < -0.4 is 5.73 Å². The van der Waals surface area contributed by atoms with Gasteiger partial charge < -0.3 is 15.2 Å². The second-order valence-electron chi connectivity index (χ2n) is 5.04. The fourth-order valence-electron chi connectivity index (χ4n) is 2.10. The Morgan fingerprint density at radius 1 is 1.04 bits per heavy atom. The van der Waals surface area contributed by atoms with Gasteiger partial charge in [0.25, 0.3) is 0 Å². The maximum absolute atomic E-state index is 12.3. The summed E-state index contributed by atoms with van der Waals surface area (Å²) in [7, 11) is 0. The molecule has 0 bridgehead atoms. The van der Waals surface area contributed by atoms with Crippen molar-refractivity contribution in [2.45, 2.75) is 33.1 Å². The van der Waals surface area contributed by atoms with Crippen LogP contribution in [-0.4, -0.2) is 30.9 Å². The van der Waals surface area contributed by atoms with E-state index >= 15 is 0 Å². The maximum atomic E-state index is 12.3. The fraction of sp³-hybridized carbons (Fsp3) is 0.471. The lowest BCUT2D eigenvalue weighted by molar-refractivity contribution is -0.149. The van der Waals surface area contributed by atoms with E-state index in [0.717, 1.165) is 0 Å². The van der Waals surface area contributed by atoms with Gasteiger partial charge in [-0.15, -0.1) is 0 Å². The standard InChI is InChI=1S/C17H23NO5/c1-3-22-16(20)10-7-13(17(21)23-4-2)11-15(19)12-5-8-14(18)9-6-12/h5-6,8-9,13H,3-4,7,10-11,18H2,1-2H3. The van der Waals surface area contributed by atoms with Gasteiger partial charge in [0.1, 0.15) is 0 Å².